The Bertz CT molecular complexity index is 578. The number of nitriles is 1. The number of nitrogens with zero attached hydrogens (tertiary/aromatic N) is 2. The highest BCUT2D eigenvalue weighted by atomic mass is 35.5. The van der Waals surface area contributed by atoms with Gasteiger partial charge in [-0.3, -0.25) is 0 Å². The maximum absolute atomic E-state index is 10.0. The maximum Gasteiger partial charge on any atom is 0.0991 e. The van der Waals surface area contributed by atoms with Gasteiger partial charge in [-0.1, -0.05) is 23.7 Å². The fraction of sp³-hybridized carbons (Fsp3) is 0.143. The summed E-state index contributed by atoms with van der Waals surface area (Å²) in [5.41, 5.74) is 1.38. The number of aromatic nitrogens is 1. The van der Waals surface area contributed by atoms with Gasteiger partial charge in [0.1, 0.15) is 0 Å². The molecule has 19 heavy (non-hydrogen) atoms. The zero-order chi connectivity index (χ0) is 13.7. The first-order valence-electron chi connectivity index (χ1n) is 5.61. The zero-order valence-electron chi connectivity index (χ0n) is 9.95. The second-order valence-corrected chi connectivity index (χ2v) is 5.35. The summed E-state index contributed by atoms with van der Waals surface area (Å²) in [5.74, 6) is 0.501. The molecule has 0 radical (unpaired) electrons. The maximum atomic E-state index is 10.0. The van der Waals surface area contributed by atoms with E-state index in [-0.39, 0.29) is 0 Å². The van der Waals surface area contributed by atoms with E-state index >= 15 is 0 Å². The van der Waals surface area contributed by atoms with E-state index in [1.165, 1.54) is 11.8 Å². The van der Waals surface area contributed by atoms with E-state index in [4.69, 9.17) is 16.9 Å². The normalized spacial score (nSPS) is 11.8. The molecule has 0 saturated heterocycles. The standard InChI is InChI=1S/C14H11ClN2OS/c15-12-5-6-14(17-8-12)19-9-13(18)11-3-1-10(7-16)2-4-11/h1-6,8,13,18H,9H2. The van der Waals surface area contributed by atoms with Gasteiger partial charge in [-0.15, -0.1) is 11.8 Å². The van der Waals surface area contributed by atoms with Gasteiger partial charge in [-0.25, -0.2) is 4.98 Å². The minimum Gasteiger partial charge on any atom is -0.388 e. The van der Waals surface area contributed by atoms with Gasteiger partial charge in [0.2, 0.25) is 0 Å². The van der Waals surface area contributed by atoms with Crippen LogP contribution in [0.25, 0.3) is 0 Å². The lowest BCUT2D eigenvalue weighted by molar-refractivity contribution is 0.204. The number of aliphatic hydroxyl groups is 1. The molecule has 1 aromatic heterocycles. The molecule has 2 rings (SSSR count). The summed E-state index contributed by atoms with van der Waals surface area (Å²) in [5, 5.41) is 20.2. The third kappa shape index (κ3) is 3.97. The molecule has 96 valence electrons. The number of aliphatic hydroxyl groups excluding tert-OH is 1. The summed E-state index contributed by atoms with van der Waals surface area (Å²) in [6.45, 7) is 0. The summed E-state index contributed by atoms with van der Waals surface area (Å²) in [7, 11) is 0. The van der Waals surface area contributed by atoms with Crippen molar-refractivity contribution in [3.8, 4) is 6.07 Å². The highest BCUT2D eigenvalue weighted by molar-refractivity contribution is 7.99. The van der Waals surface area contributed by atoms with Gasteiger partial charge in [0, 0.05) is 11.9 Å². The van der Waals surface area contributed by atoms with Gasteiger partial charge in [-0.2, -0.15) is 5.26 Å². The smallest absolute Gasteiger partial charge is 0.0991 e. The first-order chi connectivity index (χ1) is 9.19. The Morgan fingerprint density at radius 2 is 2.00 bits per heavy atom. The third-order valence-corrected chi connectivity index (χ3v) is 3.76. The number of thioether (sulfide) groups is 1. The SMILES string of the molecule is N#Cc1ccc(C(O)CSc2ccc(Cl)cn2)cc1. The van der Waals surface area contributed by atoms with E-state index in [1.54, 1.807) is 36.5 Å². The lowest BCUT2D eigenvalue weighted by Crippen LogP contribution is -2.00. The van der Waals surface area contributed by atoms with E-state index in [1.807, 2.05) is 12.1 Å². The number of pyridine rings is 1. The van der Waals surface area contributed by atoms with Crippen LogP contribution in [-0.2, 0) is 0 Å². The van der Waals surface area contributed by atoms with Crippen LogP contribution >= 0.6 is 23.4 Å². The predicted octanol–water partition coefficient (Wildman–Crippen LogP) is 3.43. The predicted molar refractivity (Wildman–Crippen MR) is 76.1 cm³/mol. The van der Waals surface area contributed by atoms with Gasteiger partial charge in [0.25, 0.3) is 0 Å². The monoisotopic (exact) mass is 290 g/mol. The Labute approximate surface area is 120 Å². The Morgan fingerprint density at radius 1 is 1.26 bits per heavy atom. The molecule has 0 aliphatic rings. The van der Waals surface area contributed by atoms with Crippen LogP contribution < -0.4 is 0 Å². The number of halogens is 1. The van der Waals surface area contributed by atoms with Crippen molar-refractivity contribution in [3.05, 3.63) is 58.7 Å². The molecule has 1 aromatic carbocycles. The van der Waals surface area contributed by atoms with Crippen LogP contribution in [0.3, 0.4) is 0 Å². The summed E-state index contributed by atoms with van der Waals surface area (Å²) in [6.07, 6.45) is 0.994. The fourth-order valence-electron chi connectivity index (χ4n) is 1.49. The van der Waals surface area contributed by atoms with Crippen LogP contribution in [0.15, 0.2) is 47.6 Å². The molecule has 2 aromatic rings. The highest BCUT2D eigenvalue weighted by Gasteiger charge is 2.08. The molecule has 1 N–H and O–H groups in total. The lowest BCUT2D eigenvalue weighted by Gasteiger charge is -2.10. The minimum absolute atomic E-state index is 0.501. The van der Waals surface area contributed by atoms with E-state index in [2.05, 4.69) is 4.98 Å². The quantitative estimate of drug-likeness (QED) is 0.877. The number of hydrogen-bond acceptors (Lipinski definition) is 4. The molecular formula is C14H11ClN2OS. The van der Waals surface area contributed by atoms with Gasteiger partial charge in [0.15, 0.2) is 0 Å². The molecule has 5 heteroatoms. The molecule has 1 unspecified atom stereocenters. The molecule has 0 spiro atoms. The van der Waals surface area contributed by atoms with Gasteiger partial charge >= 0.3 is 0 Å². The van der Waals surface area contributed by atoms with Crippen molar-refractivity contribution < 1.29 is 5.11 Å². The van der Waals surface area contributed by atoms with Crippen molar-refractivity contribution in [3.63, 3.8) is 0 Å². The van der Waals surface area contributed by atoms with Crippen molar-refractivity contribution in [2.75, 3.05) is 5.75 Å². The molecular weight excluding hydrogens is 280 g/mol. The van der Waals surface area contributed by atoms with Crippen LogP contribution in [0.2, 0.25) is 5.02 Å². The van der Waals surface area contributed by atoms with Crippen LogP contribution in [0.1, 0.15) is 17.2 Å². The molecule has 1 heterocycles. The number of rotatable bonds is 4. The zero-order valence-corrected chi connectivity index (χ0v) is 11.5. The average molecular weight is 291 g/mol. The average Bonchev–Trinajstić information content (AvgIpc) is 2.46. The molecule has 0 fully saturated rings. The Hall–Kier alpha value is -1.54. The van der Waals surface area contributed by atoms with Crippen molar-refractivity contribution >= 4 is 23.4 Å². The molecule has 0 bridgehead atoms. The van der Waals surface area contributed by atoms with Gasteiger partial charge in [0.05, 0.1) is 27.8 Å². The van der Waals surface area contributed by atoms with Crippen molar-refractivity contribution in [2.24, 2.45) is 0 Å². The van der Waals surface area contributed by atoms with Crippen LogP contribution in [0.5, 0.6) is 0 Å². The lowest BCUT2D eigenvalue weighted by atomic mass is 10.1. The van der Waals surface area contributed by atoms with Crippen molar-refractivity contribution in [1.29, 1.82) is 5.26 Å². The van der Waals surface area contributed by atoms with Crippen LogP contribution in [-0.4, -0.2) is 15.8 Å². The summed E-state index contributed by atoms with van der Waals surface area (Å²) in [6, 6.07) is 12.6. The Balaban J connectivity index is 1.95. The van der Waals surface area contributed by atoms with Crippen LogP contribution in [0, 0.1) is 11.3 Å². The minimum atomic E-state index is -0.588. The Morgan fingerprint density at radius 3 is 2.58 bits per heavy atom. The number of hydrogen-bond donors (Lipinski definition) is 1. The van der Waals surface area contributed by atoms with E-state index < -0.39 is 6.10 Å². The molecule has 1 atom stereocenters. The second kappa shape index (κ2) is 6.58. The van der Waals surface area contributed by atoms with E-state index in [9.17, 15) is 5.11 Å². The molecule has 0 aliphatic carbocycles. The number of benzene rings is 1. The largest absolute Gasteiger partial charge is 0.388 e. The van der Waals surface area contributed by atoms with E-state index in [0.29, 0.717) is 16.3 Å². The molecule has 0 amide bonds. The van der Waals surface area contributed by atoms with E-state index in [0.717, 1.165) is 10.6 Å². The van der Waals surface area contributed by atoms with Crippen molar-refractivity contribution in [2.45, 2.75) is 11.1 Å². The molecule has 0 aliphatic heterocycles. The van der Waals surface area contributed by atoms with Crippen LogP contribution in [0.4, 0.5) is 0 Å². The fourth-order valence-corrected chi connectivity index (χ4v) is 2.41. The summed E-state index contributed by atoms with van der Waals surface area (Å²) in [4.78, 5) is 4.15. The highest BCUT2D eigenvalue weighted by Crippen LogP contribution is 2.24. The topological polar surface area (TPSA) is 56.9 Å². The first-order valence-corrected chi connectivity index (χ1v) is 6.98. The molecule has 3 nitrogen and oxygen atoms in total. The van der Waals surface area contributed by atoms with Gasteiger partial charge < -0.3 is 5.11 Å². The summed E-state index contributed by atoms with van der Waals surface area (Å²) >= 11 is 7.21. The first kappa shape index (κ1) is 13.9. The second-order valence-electron chi connectivity index (χ2n) is 3.88. The van der Waals surface area contributed by atoms with Gasteiger partial charge in [-0.05, 0) is 29.8 Å². The Kier molecular flexibility index (Phi) is 4.80. The summed E-state index contributed by atoms with van der Waals surface area (Å²) < 4.78 is 0. The van der Waals surface area contributed by atoms with Crippen molar-refractivity contribution in [1.82, 2.24) is 4.98 Å². The molecule has 0 saturated carbocycles. The third-order valence-electron chi connectivity index (χ3n) is 2.51.